The van der Waals surface area contributed by atoms with Crippen LogP contribution in [0.2, 0.25) is 0 Å². The van der Waals surface area contributed by atoms with Crippen molar-refractivity contribution in [3.05, 3.63) is 75.3 Å². The van der Waals surface area contributed by atoms with Gasteiger partial charge in [0.25, 0.3) is 11.5 Å². The molecule has 1 aliphatic carbocycles. The summed E-state index contributed by atoms with van der Waals surface area (Å²) >= 11 is 0. The molecular weight excluding hydrogens is 382 g/mol. The fourth-order valence-corrected chi connectivity index (χ4v) is 3.22. The minimum Gasteiger partial charge on any atom is -0.478 e. The van der Waals surface area contributed by atoms with Crippen molar-refractivity contribution in [2.75, 3.05) is 0 Å². The monoisotopic (exact) mass is 403 g/mol. The Hall–Kier alpha value is -3.74. The molecule has 1 aromatic heterocycles. The zero-order valence-corrected chi connectivity index (χ0v) is 16.7. The van der Waals surface area contributed by atoms with Gasteiger partial charge in [0.1, 0.15) is 6.33 Å². The van der Waals surface area contributed by atoms with E-state index in [2.05, 4.69) is 10.3 Å². The molecule has 1 saturated carbocycles. The number of carbonyl (C=O) groups is 2. The Labute approximate surface area is 172 Å². The summed E-state index contributed by atoms with van der Waals surface area (Å²) in [5, 5.41) is 12.4. The van der Waals surface area contributed by atoms with Crippen molar-refractivity contribution in [1.29, 1.82) is 0 Å². The predicted octanol–water partition coefficient (Wildman–Crippen LogP) is 3.07. The van der Waals surface area contributed by atoms with Crippen molar-refractivity contribution in [2.24, 2.45) is 0 Å². The topological polar surface area (TPSA) is 101 Å². The number of aliphatic carboxylic acids is 1. The number of carboxylic acid groups (broad SMARTS) is 1. The zero-order valence-electron chi connectivity index (χ0n) is 16.7. The third-order valence-electron chi connectivity index (χ3n) is 5.15. The number of benzene rings is 2. The molecule has 2 N–H and O–H groups in total. The van der Waals surface area contributed by atoms with Crippen LogP contribution in [0.5, 0.6) is 0 Å². The smallest absolute Gasteiger partial charge is 0.331 e. The summed E-state index contributed by atoms with van der Waals surface area (Å²) < 4.78 is 1.42. The van der Waals surface area contributed by atoms with Crippen molar-refractivity contribution in [3.8, 4) is 5.69 Å². The summed E-state index contributed by atoms with van der Waals surface area (Å²) in [4.78, 5) is 41.1. The van der Waals surface area contributed by atoms with Gasteiger partial charge >= 0.3 is 5.97 Å². The van der Waals surface area contributed by atoms with Gasteiger partial charge in [0.05, 0.1) is 16.6 Å². The van der Waals surface area contributed by atoms with Crippen molar-refractivity contribution >= 4 is 28.9 Å². The standard InChI is InChI=1S/C23H21N3O4/c1-13-3-5-16(21(27)25-17-6-7-17)11-20(13)26-12-24-19-8-4-15(9-14(2)23(29)30)10-18(19)22(26)28/h3-5,8-12,17H,6-7H2,1-2H3,(H,25,27)(H,29,30)/b14-9+. The number of fused-ring (bicyclic) bond motifs is 1. The van der Waals surface area contributed by atoms with Crippen LogP contribution in [0.25, 0.3) is 22.7 Å². The maximum atomic E-state index is 13.2. The van der Waals surface area contributed by atoms with Gasteiger partial charge in [-0.2, -0.15) is 0 Å². The molecule has 4 rings (SSSR count). The molecule has 0 radical (unpaired) electrons. The third kappa shape index (κ3) is 3.87. The van der Waals surface area contributed by atoms with E-state index in [0.29, 0.717) is 27.7 Å². The number of aryl methyl sites for hydroxylation is 1. The van der Waals surface area contributed by atoms with Crippen molar-refractivity contribution in [1.82, 2.24) is 14.9 Å². The average molecular weight is 403 g/mol. The fraction of sp³-hybridized carbons (Fsp3) is 0.217. The van der Waals surface area contributed by atoms with Crippen LogP contribution in [0.4, 0.5) is 0 Å². The lowest BCUT2D eigenvalue weighted by Crippen LogP contribution is -2.26. The van der Waals surface area contributed by atoms with Crippen LogP contribution in [-0.4, -0.2) is 32.6 Å². The molecule has 1 amide bonds. The number of carboxylic acids is 1. The molecule has 0 saturated heterocycles. The molecule has 1 aliphatic rings. The van der Waals surface area contributed by atoms with E-state index in [1.54, 1.807) is 30.3 Å². The second kappa shape index (κ2) is 7.59. The van der Waals surface area contributed by atoms with Gasteiger partial charge in [-0.1, -0.05) is 12.1 Å². The van der Waals surface area contributed by atoms with Gasteiger partial charge in [0.2, 0.25) is 0 Å². The largest absolute Gasteiger partial charge is 0.478 e. The quantitative estimate of drug-likeness (QED) is 0.638. The molecule has 7 heteroatoms. The van der Waals surface area contributed by atoms with E-state index in [0.717, 1.165) is 18.4 Å². The lowest BCUT2D eigenvalue weighted by molar-refractivity contribution is -0.132. The Morgan fingerprint density at radius 2 is 1.97 bits per heavy atom. The summed E-state index contributed by atoms with van der Waals surface area (Å²) in [6.45, 7) is 3.36. The first-order chi connectivity index (χ1) is 14.3. The van der Waals surface area contributed by atoms with Crippen molar-refractivity contribution in [2.45, 2.75) is 32.7 Å². The molecule has 30 heavy (non-hydrogen) atoms. The Balaban J connectivity index is 1.80. The maximum absolute atomic E-state index is 13.2. The molecule has 0 unspecified atom stereocenters. The zero-order chi connectivity index (χ0) is 21.4. The summed E-state index contributed by atoms with van der Waals surface area (Å²) in [7, 11) is 0. The molecular formula is C23H21N3O4. The first kappa shape index (κ1) is 19.6. The Kier molecular flexibility index (Phi) is 4.95. The van der Waals surface area contributed by atoms with Gasteiger partial charge in [0, 0.05) is 17.2 Å². The molecule has 1 fully saturated rings. The van der Waals surface area contributed by atoms with Crippen molar-refractivity contribution < 1.29 is 14.7 Å². The highest BCUT2D eigenvalue weighted by Crippen LogP contribution is 2.21. The number of carbonyl (C=O) groups excluding carboxylic acids is 1. The second-order valence-electron chi connectivity index (χ2n) is 7.58. The maximum Gasteiger partial charge on any atom is 0.331 e. The fourth-order valence-electron chi connectivity index (χ4n) is 3.22. The van der Waals surface area contributed by atoms with E-state index < -0.39 is 5.97 Å². The van der Waals surface area contributed by atoms with E-state index in [4.69, 9.17) is 5.11 Å². The first-order valence-corrected chi connectivity index (χ1v) is 9.68. The molecule has 2 aromatic carbocycles. The predicted molar refractivity (Wildman–Crippen MR) is 114 cm³/mol. The lowest BCUT2D eigenvalue weighted by Gasteiger charge is -2.12. The normalized spacial score (nSPS) is 14.0. The minimum absolute atomic E-state index is 0.155. The summed E-state index contributed by atoms with van der Waals surface area (Å²) in [6, 6.07) is 10.5. The van der Waals surface area contributed by atoms with Gasteiger partial charge in [0.15, 0.2) is 0 Å². The van der Waals surface area contributed by atoms with Gasteiger partial charge in [-0.25, -0.2) is 9.78 Å². The number of hydrogen-bond acceptors (Lipinski definition) is 4. The molecule has 7 nitrogen and oxygen atoms in total. The molecule has 152 valence electrons. The van der Waals surface area contributed by atoms with E-state index >= 15 is 0 Å². The Bertz CT molecular complexity index is 1270. The van der Waals surface area contributed by atoms with Crippen LogP contribution >= 0.6 is 0 Å². The van der Waals surface area contributed by atoms with E-state index in [-0.39, 0.29) is 23.1 Å². The van der Waals surface area contributed by atoms with Crippen molar-refractivity contribution in [3.63, 3.8) is 0 Å². The van der Waals surface area contributed by atoms with Crippen LogP contribution < -0.4 is 10.9 Å². The average Bonchev–Trinajstić information content (AvgIpc) is 3.53. The first-order valence-electron chi connectivity index (χ1n) is 9.68. The lowest BCUT2D eigenvalue weighted by atomic mass is 10.1. The number of nitrogens with zero attached hydrogens (tertiary/aromatic N) is 2. The third-order valence-corrected chi connectivity index (χ3v) is 5.15. The van der Waals surface area contributed by atoms with E-state index in [1.165, 1.54) is 23.9 Å². The molecule has 0 aliphatic heterocycles. The van der Waals surface area contributed by atoms with Crippen LogP contribution in [0, 0.1) is 6.92 Å². The molecule has 0 bridgehead atoms. The molecule has 3 aromatic rings. The Morgan fingerprint density at radius 1 is 1.20 bits per heavy atom. The highest BCUT2D eigenvalue weighted by molar-refractivity contribution is 5.95. The van der Waals surface area contributed by atoms with Crippen LogP contribution in [0.15, 0.2) is 53.1 Å². The van der Waals surface area contributed by atoms with Gasteiger partial charge in [-0.15, -0.1) is 0 Å². The Morgan fingerprint density at radius 3 is 2.67 bits per heavy atom. The summed E-state index contributed by atoms with van der Waals surface area (Å²) in [6.07, 6.45) is 4.95. The summed E-state index contributed by atoms with van der Waals surface area (Å²) in [5.74, 6) is -1.17. The number of hydrogen-bond donors (Lipinski definition) is 2. The number of amides is 1. The second-order valence-corrected chi connectivity index (χ2v) is 7.58. The summed E-state index contributed by atoms with van der Waals surface area (Å²) in [5.41, 5.74) is 2.91. The molecule has 0 atom stereocenters. The highest BCUT2D eigenvalue weighted by Gasteiger charge is 2.24. The van der Waals surface area contributed by atoms with E-state index in [9.17, 15) is 14.4 Å². The van der Waals surface area contributed by atoms with E-state index in [1.807, 2.05) is 13.0 Å². The van der Waals surface area contributed by atoms with Crippen LogP contribution in [0.3, 0.4) is 0 Å². The number of nitrogens with one attached hydrogen (secondary N) is 1. The number of aromatic nitrogens is 2. The molecule has 0 spiro atoms. The minimum atomic E-state index is -1.02. The highest BCUT2D eigenvalue weighted by atomic mass is 16.4. The molecule has 1 heterocycles. The van der Waals surface area contributed by atoms with Crippen LogP contribution in [-0.2, 0) is 4.79 Å². The SMILES string of the molecule is C/C(=C\c1ccc2ncn(-c3cc(C(=O)NC4CC4)ccc3C)c(=O)c2c1)C(=O)O. The van der Waals surface area contributed by atoms with Gasteiger partial charge < -0.3 is 10.4 Å². The van der Waals surface area contributed by atoms with Crippen LogP contribution in [0.1, 0.15) is 41.3 Å². The van der Waals surface area contributed by atoms with Gasteiger partial charge in [-0.3, -0.25) is 14.2 Å². The number of rotatable bonds is 5. The van der Waals surface area contributed by atoms with Gasteiger partial charge in [-0.05, 0) is 68.2 Å².